The van der Waals surface area contributed by atoms with E-state index >= 15 is 0 Å². The maximum Gasteiger partial charge on any atom is 0.224 e. The molecule has 0 saturated heterocycles. The lowest BCUT2D eigenvalue weighted by atomic mass is 10.0. The number of para-hydroxylation sites is 1. The second-order valence-electron chi connectivity index (χ2n) is 6.88. The minimum Gasteiger partial charge on any atom is -0.325 e. The SMILES string of the molecule is CC(C)Cc1ccc(CCC(=O)Nc2cnc3ccccc3c2)cc1. The van der Waals surface area contributed by atoms with E-state index in [9.17, 15) is 4.79 Å². The summed E-state index contributed by atoms with van der Waals surface area (Å²) in [6, 6.07) is 18.4. The molecular weight excluding hydrogens is 308 g/mol. The van der Waals surface area contributed by atoms with Crippen LogP contribution in [0.5, 0.6) is 0 Å². The zero-order valence-corrected chi connectivity index (χ0v) is 14.8. The van der Waals surface area contributed by atoms with Crippen molar-refractivity contribution in [3.63, 3.8) is 0 Å². The molecule has 0 spiro atoms. The first kappa shape index (κ1) is 17.2. The highest BCUT2D eigenvalue weighted by Gasteiger charge is 2.05. The molecule has 128 valence electrons. The molecule has 1 N–H and O–H groups in total. The third-order valence-corrected chi connectivity index (χ3v) is 4.18. The summed E-state index contributed by atoms with van der Waals surface area (Å²) in [6.07, 6.45) is 4.02. The van der Waals surface area contributed by atoms with Crippen LogP contribution in [0.15, 0.2) is 60.8 Å². The van der Waals surface area contributed by atoms with Gasteiger partial charge in [-0.25, -0.2) is 0 Å². The van der Waals surface area contributed by atoms with Gasteiger partial charge in [-0.05, 0) is 42.0 Å². The Balaban J connectivity index is 1.55. The van der Waals surface area contributed by atoms with E-state index in [1.165, 1.54) is 11.1 Å². The fourth-order valence-corrected chi connectivity index (χ4v) is 2.93. The normalized spacial score (nSPS) is 11.0. The molecule has 0 fully saturated rings. The van der Waals surface area contributed by atoms with Gasteiger partial charge in [-0.2, -0.15) is 0 Å². The number of anilines is 1. The Kier molecular flexibility index (Phi) is 5.44. The van der Waals surface area contributed by atoms with Crippen molar-refractivity contribution in [3.05, 3.63) is 71.9 Å². The van der Waals surface area contributed by atoms with Crippen molar-refractivity contribution < 1.29 is 4.79 Å². The second-order valence-corrected chi connectivity index (χ2v) is 6.88. The van der Waals surface area contributed by atoms with Gasteiger partial charge in [0.1, 0.15) is 0 Å². The minimum atomic E-state index is 0.0170. The average molecular weight is 332 g/mol. The van der Waals surface area contributed by atoms with Gasteiger partial charge in [0.25, 0.3) is 0 Å². The number of nitrogens with one attached hydrogen (secondary N) is 1. The number of aromatic nitrogens is 1. The van der Waals surface area contributed by atoms with Gasteiger partial charge in [0.15, 0.2) is 0 Å². The number of carbonyl (C=O) groups is 1. The monoisotopic (exact) mass is 332 g/mol. The van der Waals surface area contributed by atoms with E-state index in [0.29, 0.717) is 12.3 Å². The first-order valence-electron chi connectivity index (χ1n) is 8.82. The van der Waals surface area contributed by atoms with E-state index in [-0.39, 0.29) is 5.91 Å². The minimum absolute atomic E-state index is 0.0170. The molecule has 1 heterocycles. The van der Waals surface area contributed by atoms with Gasteiger partial charge in [-0.1, -0.05) is 56.3 Å². The summed E-state index contributed by atoms with van der Waals surface area (Å²) >= 11 is 0. The molecule has 1 amide bonds. The fourth-order valence-electron chi connectivity index (χ4n) is 2.93. The lowest BCUT2D eigenvalue weighted by molar-refractivity contribution is -0.116. The van der Waals surface area contributed by atoms with Gasteiger partial charge < -0.3 is 5.32 Å². The zero-order valence-electron chi connectivity index (χ0n) is 14.8. The van der Waals surface area contributed by atoms with Crippen LogP contribution in [0.3, 0.4) is 0 Å². The molecule has 0 aliphatic rings. The standard InChI is InChI=1S/C22H24N2O/c1-16(2)13-18-9-7-17(8-10-18)11-12-22(25)24-20-14-19-5-3-4-6-21(19)23-15-20/h3-10,14-16H,11-13H2,1-2H3,(H,24,25). The van der Waals surface area contributed by atoms with Crippen LogP contribution in [0.25, 0.3) is 10.9 Å². The van der Waals surface area contributed by atoms with E-state index in [0.717, 1.165) is 29.4 Å². The van der Waals surface area contributed by atoms with Crippen molar-refractivity contribution in [2.45, 2.75) is 33.1 Å². The van der Waals surface area contributed by atoms with E-state index in [1.54, 1.807) is 6.20 Å². The second kappa shape index (κ2) is 7.93. The zero-order chi connectivity index (χ0) is 17.6. The Bertz CT molecular complexity index is 853. The topological polar surface area (TPSA) is 42.0 Å². The molecule has 0 unspecified atom stereocenters. The smallest absolute Gasteiger partial charge is 0.224 e. The van der Waals surface area contributed by atoms with Gasteiger partial charge in [-0.3, -0.25) is 9.78 Å². The predicted octanol–water partition coefficient (Wildman–Crippen LogP) is 5.00. The fraction of sp³-hybridized carbons (Fsp3) is 0.273. The van der Waals surface area contributed by atoms with Crippen LogP contribution in [0.2, 0.25) is 0 Å². The maximum absolute atomic E-state index is 12.2. The van der Waals surface area contributed by atoms with Crippen LogP contribution < -0.4 is 5.32 Å². The Morgan fingerprint density at radius 2 is 1.76 bits per heavy atom. The van der Waals surface area contributed by atoms with Gasteiger partial charge in [0, 0.05) is 11.8 Å². The molecule has 0 aliphatic carbocycles. The molecule has 3 rings (SSSR count). The Hall–Kier alpha value is -2.68. The van der Waals surface area contributed by atoms with Crippen LogP contribution in [0.1, 0.15) is 31.4 Å². The first-order valence-corrected chi connectivity index (χ1v) is 8.82. The highest BCUT2D eigenvalue weighted by Crippen LogP contribution is 2.16. The summed E-state index contributed by atoms with van der Waals surface area (Å²) in [5.74, 6) is 0.676. The van der Waals surface area contributed by atoms with Crippen LogP contribution in [-0.2, 0) is 17.6 Å². The number of carbonyl (C=O) groups excluding carboxylic acids is 1. The summed E-state index contributed by atoms with van der Waals surface area (Å²) in [6.45, 7) is 4.44. The molecule has 3 aromatic rings. The number of rotatable bonds is 6. The van der Waals surface area contributed by atoms with Crippen molar-refractivity contribution in [2.75, 3.05) is 5.32 Å². The molecule has 0 aliphatic heterocycles. The van der Waals surface area contributed by atoms with Crippen molar-refractivity contribution in [2.24, 2.45) is 5.92 Å². The van der Waals surface area contributed by atoms with Crippen LogP contribution in [0.4, 0.5) is 5.69 Å². The van der Waals surface area contributed by atoms with Crippen molar-refractivity contribution in [1.29, 1.82) is 0 Å². The molecule has 25 heavy (non-hydrogen) atoms. The molecule has 1 aromatic heterocycles. The van der Waals surface area contributed by atoms with Gasteiger partial charge in [-0.15, -0.1) is 0 Å². The number of benzene rings is 2. The van der Waals surface area contributed by atoms with Crippen molar-refractivity contribution in [3.8, 4) is 0 Å². The first-order chi connectivity index (χ1) is 12.1. The van der Waals surface area contributed by atoms with E-state index < -0.39 is 0 Å². The predicted molar refractivity (Wildman–Crippen MR) is 104 cm³/mol. The number of aryl methyl sites for hydroxylation is 1. The third kappa shape index (κ3) is 4.90. The van der Waals surface area contributed by atoms with Gasteiger partial charge >= 0.3 is 0 Å². The lowest BCUT2D eigenvalue weighted by Gasteiger charge is -2.08. The molecule has 3 heteroatoms. The molecule has 0 radical (unpaired) electrons. The Morgan fingerprint density at radius 3 is 2.52 bits per heavy atom. The Labute approximate surface area is 149 Å². The van der Waals surface area contributed by atoms with Crippen LogP contribution >= 0.6 is 0 Å². The van der Waals surface area contributed by atoms with Crippen molar-refractivity contribution >= 4 is 22.5 Å². The van der Waals surface area contributed by atoms with E-state index in [2.05, 4.69) is 48.4 Å². The Morgan fingerprint density at radius 1 is 1.04 bits per heavy atom. The molecule has 0 atom stereocenters. The lowest BCUT2D eigenvalue weighted by Crippen LogP contribution is -2.12. The molecule has 3 nitrogen and oxygen atoms in total. The summed E-state index contributed by atoms with van der Waals surface area (Å²) < 4.78 is 0. The van der Waals surface area contributed by atoms with Crippen LogP contribution in [0, 0.1) is 5.92 Å². The third-order valence-electron chi connectivity index (χ3n) is 4.18. The van der Waals surface area contributed by atoms with E-state index in [4.69, 9.17) is 0 Å². The van der Waals surface area contributed by atoms with Gasteiger partial charge in [0.05, 0.1) is 17.4 Å². The molecular formula is C22H24N2O. The van der Waals surface area contributed by atoms with Crippen LogP contribution in [-0.4, -0.2) is 10.9 Å². The largest absolute Gasteiger partial charge is 0.325 e. The number of hydrogen-bond donors (Lipinski definition) is 1. The summed E-state index contributed by atoms with van der Waals surface area (Å²) in [7, 11) is 0. The maximum atomic E-state index is 12.2. The van der Waals surface area contributed by atoms with Crippen molar-refractivity contribution in [1.82, 2.24) is 4.98 Å². The molecule has 0 saturated carbocycles. The van der Waals surface area contributed by atoms with Gasteiger partial charge in [0.2, 0.25) is 5.91 Å². The number of nitrogens with zero attached hydrogens (tertiary/aromatic N) is 1. The molecule has 0 bridgehead atoms. The molecule has 2 aromatic carbocycles. The quantitative estimate of drug-likeness (QED) is 0.690. The number of pyridine rings is 1. The number of fused-ring (bicyclic) bond motifs is 1. The number of amides is 1. The summed E-state index contributed by atoms with van der Waals surface area (Å²) in [5, 5.41) is 3.97. The highest BCUT2D eigenvalue weighted by atomic mass is 16.1. The average Bonchev–Trinajstić information content (AvgIpc) is 2.60. The summed E-state index contributed by atoms with van der Waals surface area (Å²) in [5.41, 5.74) is 4.22. The van der Waals surface area contributed by atoms with E-state index in [1.807, 2.05) is 30.3 Å². The highest BCUT2D eigenvalue weighted by molar-refractivity contribution is 5.93. The number of hydrogen-bond acceptors (Lipinski definition) is 2. The summed E-state index contributed by atoms with van der Waals surface area (Å²) in [4.78, 5) is 16.6.